The van der Waals surface area contributed by atoms with Crippen molar-refractivity contribution in [2.24, 2.45) is 0 Å². The summed E-state index contributed by atoms with van der Waals surface area (Å²) < 4.78 is 0. The maximum Gasteiger partial charge on any atom is 0.245 e. The molecule has 3 rings (SSSR count). The monoisotopic (exact) mass is 376 g/mol. The fraction of sp³-hybridized carbons (Fsp3) is 0.750. The largest absolute Gasteiger partial charge is 0.344 e. The molecule has 1 aromatic rings. The molecular weight excluding hydrogens is 344 g/mol. The quantitative estimate of drug-likeness (QED) is 0.809. The Morgan fingerprint density at radius 1 is 1.19 bits per heavy atom. The zero-order chi connectivity index (χ0) is 18.9. The average Bonchev–Trinajstić information content (AvgIpc) is 3.10. The number of rotatable bonds is 3. The predicted octanol–water partition coefficient (Wildman–Crippen LogP) is 3.44. The number of hydrogen-bond acceptors (Lipinski definition) is 5. The molecule has 0 spiro atoms. The summed E-state index contributed by atoms with van der Waals surface area (Å²) in [5.74, 6) is 4.46. The number of thioether (sulfide) groups is 1. The first-order chi connectivity index (χ1) is 12.3. The molecular formula is C20H32N4OS. The number of carbonyl (C=O) groups excluding carboxylic acids is 1. The summed E-state index contributed by atoms with van der Waals surface area (Å²) in [5, 5.41) is 0. The van der Waals surface area contributed by atoms with Crippen LogP contribution in [-0.2, 0) is 10.2 Å². The van der Waals surface area contributed by atoms with Crippen molar-refractivity contribution in [1.82, 2.24) is 14.9 Å². The highest BCUT2D eigenvalue weighted by atomic mass is 32.2. The molecule has 6 heteroatoms. The highest BCUT2D eigenvalue weighted by molar-refractivity contribution is 7.99. The molecule has 2 saturated heterocycles. The molecule has 0 bridgehead atoms. The molecule has 26 heavy (non-hydrogen) atoms. The van der Waals surface area contributed by atoms with Gasteiger partial charge in [0.15, 0.2) is 0 Å². The zero-order valence-corrected chi connectivity index (χ0v) is 17.6. The van der Waals surface area contributed by atoms with E-state index in [4.69, 9.17) is 9.97 Å². The number of nitrogens with zero attached hydrogens (tertiary/aromatic N) is 4. The van der Waals surface area contributed by atoms with E-state index >= 15 is 0 Å². The van der Waals surface area contributed by atoms with Gasteiger partial charge in [-0.25, -0.2) is 9.97 Å². The summed E-state index contributed by atoms with van der Waals surface area (Å²) in [5.41, 5.74) is 1.02. The van der Waals surface area contributed by atoms with Gasteiger partial charge in [-0.2, -0.15) is 11.8 Å². The summed E-state index contributed by atoms with van der Waals surface area (Å²) in [6, 6.07) is 2.03. The predicted molar refractivity (Wildman–Crippen MR) is 109 cm³/mol. The van der Waals surface area contributed by atoms with Crippen LogP contribution in [0.25, 0.3) is 0 Å². The van der Waals surface area contributed by atoms with Crippen LogP contribution in [-0.4, -0.2) is 58.0 Å². The zero-order valence-electron chi connectivity index (χ0n) is 16.8. The maximum absolute atomic E-state index is 13.1. The van der Waals surface area contributed by atoms with E-state index in [0.717, 1.165) is 61.3 Å². The van der Waals surface area contributed by atoms with E-state index < -0.39 is 0 Å². The van der Waals surface area contributed by atoms with E-state index in [9.17, 15) is 4.79 Å². The second-order valence-corrected chi connectivity index (χ2v) is 9.89. The highest BCUT2D eigenvalue weighted by Crippen LogP contribution is 2.30. The lowest BCUT2D eigenvalue weighted by atomic mass is 9.91. The molecule has 5 nitrogen and oxygen atoms in total. The van der Waals surface area contributed by atoms with Gasteiger partial charge in [0, 0.05) is 48.5 Å². The van der Waals surface area contributed by atoms with Crippen LogP contribution in [0.5, 0.6) is 0 Å². The van der Waals surface area contributed by atoms with Gasteiger partial charge >= 0.3 is 0 Å². The molecule has 2 aliphatic rings. The lowest BCUT2D eigenvalue weighted by molar-refractivity contribution is -0.132. The Labute approximate surface area is 162 Å². The van der Waals surface area contributed by atoms with Crippen LogP contribution in [0.1, 0.15) is 64.9 Å². The summed E-state index contributed by atoms with van der Waals surface area (Å²) in [6.45, 7) is 13.5. The molecule has 0 aliphatic carbocycles. The summed E-state index contributed by atoms with van der Waals surface area (Å²) in [4.78, 5) is 27.0. The van der Waals surface area contributed by atoms with Gasteiger partial charge in [0.2, 0.25) is 5.91 Å². The molecule has 1 aromatic heterocycles. The lowest BCUT2D eigenvalue weighted by Crippen LogP contribution is -2.48. The SMILES string of the molecule is CC(C)c1nc(N2CCCC2C(=O)N2CCSCC2)cc(C(C)(C)C)n1. The van der Waals surface area contributed by atoms with Gasteiger partial charge in [0.05, 0.1) is 5.69 Å². The van der Waals surface area contributed by atoms with Crippen molar-refractivity contribution >= 4 is 23.5 Å². The molecule has 0 N–H and O–H groups in total. The Hall–Kier alpha value is -1.30. The fourth-order valence-corrected chi connectivity index (χ4v) is 4.44. The van der Waals surface area contributed by atoms with E-state index in [1.54, 1.807) is 0 Å². The second-order valence-electron chi connectivity index (χ2n) is 8.66. The van der Waals surface area contributed by atoms with Crippen LogP contribution in [0.2, 0.25) is 0 Å². The highest BCUT2D eigenvalue weighted by Gasteiger charge is 2.35. The third-order valence-electron chi connectivity index (χ3n) is 5.17. The van der Waals surface area contributed by atoms with Crippen molar-refractivity contribution in [1.29, 1.82) is 0 Å². The van der Waals surface area contributed by atoms with E-state index in [-0.39, 0.29) is 23.3 Å². The first-order valence-corrected chi connectivity index (χ1v) is 11.0. The van der Waals surface area contributed by atoms with Crippen molar-refractivity contribution in [2.45, 2.75) is 64.8 Å². The number of carbonyl (C=O) groups is 1. The van der Waals surface area contributed by atoms with Crippen LogP contribution in [0.3, 0.4) is 0 Å². The summed E-state index contributed by atoms with van der Waals surface area (Å²) in [6.07, 6.45) is 1.97. The summed E-state index contributed by atoms with van der Waals surface area (Å²) in [7, 11) is 0. The van der Waals surface area contributed by atoms with Crippen molar-refractivity contribution in [2.75, 3.05) is 36.0 Å². The minimum absolute atomic E-state index is 0.0371. The van der Waals surface area contributed by atoms with Gasteiger partial charge in [-0.1, -0.05) is 34.6 Å². The van der Waals surface area contributed by atoms with Gasteiger partial charge in [-0.05, 0) is 12.8 Å². The van der Waals surface area contributed by atoms with E-state index in [1.165, 1.54) is 0 Å². The standard InChI is InChI=1S/C20H32N4OS/c1-14(2)18-21-16(20(3,4)5)13-17(22-18)24-8-6-7-15(24)19(25)23-9-11-26-12-10-23/h13-15H,6-12H2,1-5H3. The van der Waals surface area contributed by atoms with Gasteiger partial charge in [-0.15, -0.1) is 0 Å². The van der Waals surface area contributed by atoms with Crippen LogP contribution < -0.4 is 4.90 Å². The molecule has 2 aliphatic heterocycles. The van der Waals surface area contributed by atoms with E-state index in [0.29, 0.717) is 0 Å². The molecule has 1 amide bonds. The first kappa shape index (κ1) is 19.5. The van der Waals surface area contributed by atoms with Gasteiger partial charge in [0.1, 0.15) is 17.7 Å². The number of aromatic nitrogens is 2. The number of amides is 1. The molecule has 2 fully saturated rings. The van der Waals surface area contributed by atoms with Gasteiger partial charge in [0.25, 0.3) is 0 Å². The van der Waals surface area contributed by atoms with Crippen LogP contribution >= 0.6 is 11.8 Å². The Kier molecular flexibility index (Phi) is 5.80. The van der Waals surface area contributed by atoms with Crippen molar-refractivity contribution in [3.8, 4) is 0 Å². The fourth-order valence-electron chi connectivity index (χ4n) is 3.53. The topological polar surface area (TPSA) is 49.3 Å². The van der Waals surface area contributed by atoms with Crippen LogP contribution in [0.15, 0.2) is 6.07 Å². The molecule has 0 aromatic carbocycles. The molecule has 3 heterocycles. The molecule has 0 saturated carbocycles. The third-order valence-corrected chi connectivity index (χ3v) is 6.11. The molecule has 144 valence electrons. The minimum atomic E-state index is -0.0687. The Bertz CT molecular complexity index is 650. The Morgan fingerprint density at radius 3 is 2.50 bits per heavy atom. The third kappa shape index (κ3) is 4.16. The number of hydrogen-bond donors (Lipinski definition) is 0. The van der Waals surface area contributed by atoms with Crippen molar-refractivity contribution in [3.05, 3.63) is 17.6 Å². The summed E-state index contributed by atoms with van der Waals surface area (Å²) >= 11 is 1.94. The van der Waals surface area contributed by atoms with Crippen LogP contribution in [0, 0.1) is 0 Å². The second kappa shape index (κ2) is 7.75. The van der Waals surface area contributed by atoms with E-state index in [2.05, 4.69) is 50.5 Å². The number of anilines is 1. The average molecular weight is 377 g/mol. The van der Waals surface area contributed by atoms with E-state index in [1.807, 2.05) is 11.8 Å². The van der Waals surface area contributed by atoms with Gasteiger partial charge in [-0.3, -0.25) is 4.79 Å². The van der Waals surface area contributed by atoms with Crippen molar-refractivity contribution < 1.29 is 4.79 Å². The normalized spacial score (nSPS) is 21.5. The first-order valence-electron chi connectivity index (χ1n) is 9.80. The Morgan fingerprint density at radius 2 is 1.88 bits per heavy atom. The van der Waals surface area contributed by atoms with Crippen molar-refractivity contribution in [3.63, 3.8) is 0 Å². The van der Waals surface area contributed by atoms with Crippen LogP contribution in [0.4, 0.5) is 5.82 Å². The maximum atomic E-state index is 13.1. The van der Waals surface area contributed by atoms with Gasteiger partial charge < -0.3 is 9.80 Å². The molecule has 1 atom stereocenters. The minimum Gasteiger partial charge on any atom is -0.344 e. The molecule has 0 radical (unpaired) electrons. The smallest absolute Gasteiger partial charge is 0.245 e. The molecule has 1 unspecified atom stereocenters. The Balaban J connectivity index is 1.90. The lowest BCUT2D eigenvalue weighted by Gasteiger charge is -2.33.